The molecule has 5 heterocycles. The van der Waals surface area contributed by atoms with Gasteiger partial charge in [0.25, 0.3) is 5.91 Å². The molecule has 2 aromatic carbocycles. The quantitative estimate of drug-likeness (QED) is 0.133. The average Bonchev–Trinajstić information content (AvgIpc) is 3.97. The van der Waals surface area contributed by atoms with Crippen molar-refractivity contribution in [3.05, 3.63) is 87.7 Å². The first kappa shape index (κ1) is 41.1. The van der Waals surface area contributed by atoms with Crippen molar-refractivity contribution in [1.82, 2.24) is 30.4 Å². The Kier molecular flexibility index (Phi) is 12.3. The van der Waals surface area contributed by atoms with Crippen LogP contribution in [0, 0.1) is 0 Å². The normalized spacial score (nSPS) is 22.5. The number of rotatable bonds is 15. The van der Waals surface area contributed by atoms with Crippen molar-refractivity contribution in [3.8, 4) is 0 Å². The van der Waals surface area contributed by atoms with E-state index in [-0.39, 0.29) is 60.5 Å². The van der Waals surface area contributed by atoms with E-state index in [1.165, 1.54) is 6.33 Å². The molecule has 0 spiro atoms. The molecule has 3 fully saturated rings. The minimum absolute atomic E-state index is 0.00472. The van der Waals surface area contributed by atoms with Crippen LogP contribution in [0.3, 0.4) is 0 Å². The Bertz CT molecular complexity index is 2210. The molecule has 8 rings (SSSR count). The highest BCUT2D eigenvalue weighted by atomic mass is 35.5. The fraction of sp³-hybridized carbons (Fsp3) is 0.467. The first-order chi connectivity index (χ1) is 29.1. The number of hydrogen-bond acceptors (Lipinski definition) is 9. The summed E-state index contributed by atoms with van der Waals surface area (Å²) in [6, 6.07) is 12.4. The van der Waals surface area contributed by atoms with E-state index in [2.05, 4.69) is 36.9 Å². The van der Waals surface area contributed by atoms with Gasteiger partial charge >= 0.3 is 0 Å². The Morgan fingerprint density at radius 2 is 1.73 bits per heavy atom. The summed E-state index contributed by atoms with van der Waals surface area (Å²) < 4.78 is 0. The van der Waals surface area contributed by atoms with Gasteiger partial charge in [-0.15, -0.1) is 0 Å². The molecule has 6 amide bonds. The zero-order valence-electron chi connectivity index (χ0n) is 33.8. The van der Waals surface area contributed by atoms with Crippen LogP contribution in [0.2, 0.25) is 5.02 Å². The van der Waals surface area contributed by atoms with E-state index in [9.17, 15) is 28.8 Å². The Labute approximate surface area is 354 Å². The molecule has 0 radical (unpaired) electrons. The average molecular weight is 835 g/mol. The zero-order chi connectivity index (χ0) is 41.9. The zero-order valence-corrected chi connectivity index (χ0v) is 34.6. The molecule has 0 bridgehead atoms. The Morgan fingerprint density at radius 1 is 0.933 bits per heavy atom. The third-order valence-corrected chi connectivity index (χ3v) is 12.8. The smallest absolute Gasteiger partial charge is 0.255 e. The lowest BCUT2D eigenvalue weighted by molar-refractivity contribution is -0.137. The van der Waals surface area contributed by atoms with Crippen molar-refractivity contribution in [1.29, 1.82) is 0 Å². The minimum atomic E-state index is -0.633. The van der Waals surface area contributed by atoms with Gasteiger partial charge in [0.05, 0.1) is 18.0 Å². The lowest BCUT2D eigenvalue weighted by Gasteiger charge is -2.38. The highest BCUT2D eigenvalue weighted by Crippen LogP contribution is 2.44. The number of anilines is 2. The molecule has 314 valence electrons. The maximum Gasteiger partial charge on any atom is 0.255 e. The summed E-state index contributed by atoms with van der Waals surface area (Å²) >= 11 is 6.21. The van der Waals surface area contributed by atoms with Crippen molar-refractivity contribution in [2.75, 3.05) is 29.9 Å². The summed E-state index contributed by atoms with van der Waals surface area (Å²) in [5.74, 6) is -0.163. The number of fused-ring (bicyclic) bond motifs is 3. The van der Waals surface area contributed by atoms with Crippen LogP contribution in [-0.4, -0.2) is 93.0 Å². The van der Waals surface area contributed by atoms with Crippen molar-refractivity contribution in [3.63, 3.8) is 0 Å². The number of carbonyl (C=O) groups is 6. The fourth-order valence-corrected chi connectivity index (χ4v) is 9.38. The van der Waals surface area contributed by atoms with Gasteiger partial charge in [-0.05, 0) is 72.9 Å². The van der Waals surface area contributed by atoms with Crippen molar-refractivity contribution in [2.24, 2.45) is 0 Å². The molecule has 2 saturated heterocycles. The summed E-state index contributed by atoms with van der Waals surface area (Å²) in [4.78, 5) is 91.4. The fourth-order valence-electron chi connectivity index (χ4n) is 9.26. The third-order valence-electron chi connectivity index (χ3n) is 12.5. The predicted molar refractivity (Wildman–Crippen MR) is 226 cm³/mol. The number of nitrogens with one attached hydrogen (secondary N) is 3. The number of allylic oxidation sites excluding steroid dienone is 1. The van der Waals surface area contributed by atoms with E-state index < -0.39 is 17.9 Å². The molecule has 15 heteroatoms. The number of amides is 6. The molecule has 5 aliphatic rings. The van der Waals surface area contributed by atoms with Crippen LogP contribution in [0.5, 0.6) is 0 Å². The van der Waals surface area contributed by atoms with Gasteiger partial charge in [-0.3, -0.25) is 34.1 Å². The standard InChI is InChI=1S/C45H51ClN8O6/c1-27-22-39(57)50-41-40(27)42(49-26-48-41)52-20-21-53(36-23-35(36)52)45(60)32(29-14-16-30(46)17-15-29)24-47-37(55)13-8-6-4-2-3-5-7-10-28-11-9-12-31-33(28)25-54(44(31)59)34-18-19-38(56)51-43(34)58/h7,9-12,14-17,26-27,32,34-36H,2-6,8,13,18-25H2,1H3,(H,47,55)(H,51,56,58)(H,48,49,50,57)/b10-7-/t27-,32-,34?,35+,36-/m1/s1. The summed E-state index contributed by atoms with van der Waals surface area (Å²) in [5.41, 5.74) is 4.24. The molecular formula is C45H51ClN8O6. The number of piperazine rings is 1. The van der Waals surface area contributed by atoms with Gasteiger partial charge < -0.3 is 25.3 Å². The second-order valence-electron chi connectivity index (χ2n) is 16.6. The number of nitrogens with zero attached hydrogens (tertiary/aromatic N) is 5. The Hall–Kier alpha value is -5.63. The number of piperidine rings is 1. The summed E-state index contributed by atoms with van der Waals surface area (Å²) in [6.45, 7) is 3.70. The van der Waals surface area contributed by atoms with E-state index in [1.807, 2.05) is 42.2 Å². The SMILES string of the molecule is C[C@@H]1CC(=O)Nc2ncnc(N3CCN(C(=O)[C@H](CNC(=O)CCCCCCC/C=C\c4cccc5c4CN(C4CCC(=O)NC4=O)C5=O)c4ccc(Cl)cc4)[C@@H]4C[C@@H]43)c21. The number of benzene rings is 2. The maximum absolute atomic E-state index is 14.2. The number of carbonyl (C=O) groups excluding carboxylic acids is 6. The lowest BCUT2D eigenvalue weighted by Crippen LogP contribution is -2.52. The molecule has 1 aromatic heterocycles. The molecule has 5 atom stereocenters. The van der Waals surface area contributed by atoms with E-state index in [0.29, 0.717) is 55.3 Å². The van der Waals surface area contributed by atoms with E-state index in [0.717, 1.165) is 73.0 Å². The van der Waals surface area contributed by atoms with Crippen molar-refractivity contribution >= 4 is 64.8 Å². The topological polar surface area (TPSA) is 174 Å². The monoisotopic (exact) mass is 834 g/mol. The van der Waals surface area contributed by atoms with Crippen LogP contribution in [0.4, 0.5) is 11.6 Å². The third kappa shape index (κ3) is 8.79. The van der Waals surface area contributed by atoms with E-state index in [4.69, 9.17) is 11.6 Å². The van der Waals surface area contributed by atoms with Crippen molar-refractivity contribution < 1.29 is 28.8 Å². The largest absolute Gasteiger partial charge is 0.355 e. The van der Waals surface area contributed by atoms with Gasteiger partial charge in [0.15, 0.2) is 0 Å². The number of halogens is 1. The lowest BCUT2D eigenvalue weighted by atomic mass is 9.94. The summed E-state index contributed by atoms with van der Waals surface area (Å²) in [7, 11) is 0. The summed E-state index contributed by atoms with van der Waals surface area (Å²) in [5, 5.41) is 8.87. The maximum atomic E-state index is 14.2. The van der Waals surface area contributed by atoms with Gasteiger partial charge in [-0.1, -0.05) is 74.2 Å². The number of hydrogen-bond donors (Lipinski definition) is 3. The van der Waals surface area contributed by atoms with Gasteiger partial charge in [-0.25, -0.2) is 9.97 Å². The van der Waals surface area contributed by atoms with Crippen LogP contribution in [0.1, 0.15) is 122 Å². The van der Waals surface area contributed by atoms with Gasteiger partial charge in [0.1, 0.15) is 24.0 Å². The molecule has 14 nitrogen and oxygen atoms in total. The molecular weight excluding hydrogens is 784 g/mol. The second-order valence-corrected chi connectivity index (χ2v) is 17.0. The first-order valence-electron chi connectivity index (χ1n) is 21.2. The van der Waals surface area contributed by atoms with Crippen LogP contribution < -0.4 is 20.9 Å². The van der Waals surface area contributed by atoms with Gasteiger partial charge in [0.2, 0.25) is 29.5 Å². The van der Waals surface area contributed by atoms with E-state index in [1.54, 1.807) is 23.1 Å². The van der Waals surface area contributed by atoms with Crippen LogP contribution >= 0.6 is 11.6 Å². The molecule has 3 aromatic rings. The second kappa shape index (κ2) is 17.9. The molecule has 3 N–H and O–H groups in total. The Morgan fingerprint density at radius 3 is 2.55 bits per heavy atom. The minimum Gasteiger partial charge on any atom is -0.355 e. The highest BCUT2D eigenvalue weighted by molar-refractivity contribution is 6.30. The molecule has 1 unspecified atom stereocenters. The molecule has 60 heavy (non-hydrogen) atoms. The first-order valence-corrected chi connectivity index (χ1v) is 21.6. The molecule has 1 saturated carbocycles. The number of unbranched alkanes of at least 4 members (excludes halogenated alkanes) is 5. The molecule has 1 aliphatic carbocycles. The highest BCUT2D eigenvalue weighted by Gasteiger charge is 2.53. The molecule has 4 aliphatic heterocycles. The predicted octanol–water partition coefficient (Wildman–Crippen LogP) is 5.47. The number of aromatic nitrogens is 2. The van der Waals surface area contributed by atoms with Crippen molar-refractivity contribution in [2.45, 2.75) is 114 Å². The Balaban J connectivity index is 0.773. The summed E-state index contributed by atoms with van der Waals surface area (Å²) in [6.07, 6.45) is 13.4. The van der Waals surface area contributed by atoms with Crippen LogP contribution in [0.25, 0.3) is 6.08 Å². The number of imide groups is 1. The van der Waals surface area contributed by atoms with Crippen LogP contribution in [0.15, 0.2) is 54.9 Å². The van der Waals surface area contributed by atoms with Gasteiger partial charge in [0, 0.05) is 61.6 Å². The van der Waals surface area contributed by atoms with Gasteiger partial charge in [-0.2, -0.15) is 0 Å². The van der Waals surface area contributed by atoms with E-state index >= 15 is 0 Å². The van der Waals surface area contributed by atoms with Crippen LogP contribution in [-0.2, 0) is 30.5 Å².